The summed E-state index contributed by atoms with van der Waals surface area (Å²) in [7, 11) is 0. The summed E-state index contributed by atoms with van der Waals surface area (Å²) in [6, 6.07) is 2.23. The first kappa shape index (κ1) is 10.4. The van der Waals surface area contributed by atoms with Gasteiger partial charge in [-0.15, -0.1) is 10.2 Å². The molecule has 1 amide bonds. The Morgan fingerprint density at radius 3 is 3.24 bits per heavy atom. The van der Waals surface area contributed by atoms with E-state index in [1.807, 2.05) is 10.3 Å². The first-order valence-corrected chi connectivity index (χ1v) is 6.37. The Hall–Kier alpha value is -1.76. The fourth-order valence-electron chi connectivity index (χ4n) is 2.20. The third kappa shape index (κ3) is 1.82. The number of thiophene rings is 1. The maximum atomic E-state index is 12.2. The van der Waals surface area contributed by atoms with E-state index in [1.54, 1.807) is 11.3 Å². The molecule has 17 heavy (non-hydrogen) atoms. The van der Waals surface area contributed by atoms with Crippen molar-refractivity contribution in [2.24, 2.45) is 0 Å². The van der Waals surface area contributed by atoms with Crippen LogP contribution >= 0.6 is 11.3 Å². The van der Waals surface area contributed by atoms with Gasteiger partial charge in [0.15, 0.2) is 0 Å². The zero-order valence-corrected chi connectivity index (χ0v) is 9.85. The van der Waals surface area contributed by atoms with Crippen molar-refractivity contribution in [1.29, 1.82) is 0 Å². The smallest absolute Gasteiger partial charge is 0.295 e. The monoisotopic (exact) mass is 249 g/mol. The van der Waals surface area contributed by atoms with Crippen LogP contribution < -0.4 is 0 Å². The number of likely N-dealkylation sites (tertiary alicyclic amines) is 1. The number of rotatable bonds is 2. The van der Waals surface area contributed by atoms with Crippen LogP contribution in [0.4, 0.5) is 0 Å². The maximum absolute atomic E-state index is 12.2. The van der Waals surface area contributed by atoms with Gasteiger partial charge in [0.25, 0.3) is 11.7 Å². The number of H-pyrrole nitrogens is 1. The van der Waals surface area contributed by atoms with Crippen LogP contribution in [0, 0.1) is 0 Å². The fourth-order valence-corrected chi connectivity index (χ4v) is 2.91. The SMILES string of the molecule is O=C(c1nn[nH]n1)N1CCCC1c1ccsc1. The number of hydrogen-bond donors (Lipinski definition) is 1. The van der Waals surface area contributed by atoms with E-state index in [4.69, 9.17) is 0 Å². The summed E-state index contributed by atoms with van der Waals surface area (Å²) in [5, 5.41) is 17.3. The summed E-state index contributed by atoms with van der Waals surface area (Å²) in [4.78, 5) is 14.0. The Balaban J connectivity index is 1.85. The molecule has 1 aliphatic rings. The number of tetrazole rings is 1. The van der Waals surface area contributed by atoms with Crippen molar-refractivity contribution in [3.8, 4) is 0 Å². The fraction of sp³-hybridized carbons (Fsp3) is 0.400. The topological polar surface area (TPSA) is 74.8 Å². The lowest BCUT2D eigenvalue weighted by Crippen LogP contribution is -2.31. The number of amides is 1. The van der Waals surface area contributed by atoms with Gasteiger partial charge in [-0.05, 0) is 40.4 Å². The largest absolute Gasteiger partial charge is 0.329 e. The predicted molar refractivity (Wildman–Crippen MR) is 61.5 cm³/mol. The van der Waals surface area contributed by atoms with E-state index in [-0.39, 0.29) is 17.8 Å². The molecule has 0 saturated carbocycles. The molecule has 1 saturated heterocycles. The molecule has 88 valence electrons. The lowest BCUT2D eigenvalue weighted by atomic mass is 10.1. The highest BCUT2D eigenvalue weighted by molar-refractivity contribution is 7.07. The molecule has 1 N–H and O–H groups in total. The average Bonchev–Trinajstić information content (AvgIpc) is 3.09. The summed E-state index contributed by atoms with van der Waals surface area (Å²) in [6.45, 7) is 0.758. The summed E-state index contributed by atoms with van der Waals surface area (Å²) in [6.07, 6.45) is 2.02. The molecule has 0 aromatic carbocycles. The summed E-state index contributed by atoms with van der Waals surface area (Å²) >= 11 is 1.65. The van der Waals surface area contributed by atoms with Crippen LogP contribution in [-0.2, 0) is 0 Å². The van der Waals surface area contributed by atoms with Crippen LogP contribution in [0.1, 0.15) is 35.1 Å². The van der Waals surface area contributed by atoms with E-state index in [9.17, 15) is 4.79 Å². The minimum atomic E-state index is -0.146. The zero-order valence-electron chi connectivity index (χ0n) is 9.04. The van der Waals surface area contributed by atoms with Crippen molar-refractivity contribution < 1.29 is 4.79 Å². The highest BCUT2D eigenvalue weighted by Crippen LogP contribution is 2.33. The van der Waals surface area contributed by atoms with Crippen molar-refractivity contribution in [2.75, 3.05) is 6.54 Å². The number of aromatic nitrogens is 4. The Bertz CT molecular complexity index is 495. The standard InChI is InChI=1S/C10H11N5OS/c16-10(9-11-13-14-12-9)15-4-1-2-8(15)7-3-5-17-6-7/h3,5-6,8H,1-2,4H2,(H,11,12,13,14). The molecule has 1 fully saturated rings. The normalized spacial score (nSPS) is 19.8. The van der Waals surface area contributed by atoms with Crippen LogP contribution in [0.15, 0.2) is 16.8 Å². The second kappa shape index (κ2) is 4.25. The molecule has 1 aliphatic heterocycles. The number of hydrogen-bond acceptors (Lipinski definition) is 5. The van der Waals surface area contributed by atoms with Crippen molar-refractivity contribution >= 4 is 17.2 Å². The van der Waals surface area contributed by atoms with Crippen molar-refractivity contribution in [2.45, 2.75) is 18.9 Å². The van der Waals surface area contributed by atoms with Crippen LogP contribution in [0.2, 0.25) is 0 Å². The molecule has 2 aromatic rings. The second-order valence-corrected chi connectivity index (χ2v) is 4.73. The van der Waals surface area contributed by atoms with Crippen molar-refractivity contribution in [3.05, 3.63) is 28.2 Å². The van der Waals surface area contributed by atoms with E-state index >= 15 is 0 Å². The molecule has 0 aliphatic carbocycles. The quantitative estimate of drug-likeness (QED) is 0.868. The molecule has 3 rings (SSSR count). The third-order valence-electron chi connectivity index (χ3n) is 2.98. The second-order valence-electron chi connectivity index (χ2n) is 3.95. The molecule has 7 heteroatoms. The first-order chi connectivity index (χ1) is 8.36. The molecule has 1 atom stereocenters. The average molecular weight is 249 g/mol. The van der Waals surface area contributed by atoms with Gasteiger partial charge in [-0.3, -0.25) is 4.79 Å². The van der Waals surface area contributed by atoms with E-state index in [0.717, 1.165) is 19.4 Å². The lowest BCUT2D eigenvalue weighted by molar-refractivity contribution is 0.0723. The summed E-state index contributed by atoms with van der Waals surface area (Å²) in [5.74, 6) is -0.000389. The number of aromatic amines is 1. The van der Waals surface area contributed by atoms with Gasteiger partial charge in [-0.1, -0.05) is 0 Å². The molecule has 6 nitrogen and oxygen atoms in total. The van der Waals surface area contributed by atoms with Gasteiger partial charge in [0.2, 0.25) is 0 Å². The van der Waals surface area contributed by atoms with E-state index in [1.165, 1.54) is 5.56 Å². The van der Waals surface area contributed by atoms with E-state index in [2.05, 4.69) is 32.1 Å². The Kier molecular flexibility index (Phi) is 2.60. The molecule has 0 spiro atoms. The molecule has 3 heterocycles. The number of carbonyl (C=O) groups excluding carboxylic acids is 1. The van der Waals surface area contributed by atoms with E-state index < -0.39 is 0 Å². The Morgan fingerprint density at radius 2 is 2.53 bits per heavy atom. The van der Waals surface area contributed by atoms with Crippen LogP contribution in [0.25, 0.3) is 0 Å². The van der Waals surface area contributed by atoms with E-state index in [0.29, 0.717) is 0 Å². The minimum absolute atomic E-state index is 0.145. The molecule has 2 aromatic heterocycles. The number of carbonyl (C=O) groups is 1. The summed E-state index contributed by atoms with van der Waals surface area (Å²) in [5.41, 5.74) is 1.20. The molecule has 0 radical (unpaired) electrons. The minimum Gasteiger partial charge on any atom is -0.329 e. The lowest BCUT2D eigenvalue weighted by Gasteiger charge is -2.22. The molecular weight excluding hydrogens is 238 g/mol. The van der Waals surface area contributed by atoms with Crippen LogP contribution in [0.3, 0.4) is 0 Å². The predicted octanol–water partition coefficient (Wildman–Crippen LogP) is 1.24. The zero-order chi connectivity index (χ0) is 11.7. The molecule has 0 bridgehead atoms. The van der Waals surface area contributed by atoms with Gasteiger partial charge in [0.05, 0.1) is 6.04 Å². The van der Waals surface area contributed by atoms with Crippen molar-refractivity contribution in [3.63, 3.8) is 0 Å². The van der Waals surface area contributed by atoms with Crippen LogP contribution in [-0.4, -0.2) is 38.0 Å². The maximum Gasteiger partial charge on any atom is 0.295 e. The van der Waals surface area contributed by atoms with Gasteiger partial charge in [-0.2, -0.15) is 16.6 Å². The Labute approximate surface area is 102 Å². The van der Waals surface area contributed by atoms with Crippen LogP contribution in [0.5, 0.6) is 0 Å². The molecule has 1 unspecified atom stereocenters. The summed E-state index contributed by atoms with van der Waals surface area (Å²) < 4.78 is 0. The molecular formula is C10H11N5OS. The van der Waals surface area contributed by atoms with Gasteiger partial charge in [0, 0.05) is 6.54 Å². The highest BCUT2D eigenvalue weighted by Gasteiger charge is 2.32. The highest BCUT2D eigenvalue weighted by atomic mass is 32.1. The van der Waals surface area contributed by atoms with Gasteiger partial charge < -0.3 is 4.90 Å². The Morgan fingerprint density at radius 1 is 1.59 bits per heavy atom. The van der Waals surface area contributed by atoms with Gasteiger partial charge in [-0.25, -0.2) is 0 Å². The number of nitrogens with one attached hydrogen (secondary N) is 1. The van der Waals surface area contributed by atoms with Gasteiger partial charge >= 0.3 is 0 Å². The van der Waals surface area contributed by atoms with Crippen molar-refractivity contribution in [1.82, 2.24) is 25.5 Å². The third-order valence-corrected chi connectivity index (χ3v) is 3.68. The van der Waals surface area contributed by atoms with Gasteiger partial charge in [0.1, 0.15) is 0 Å². The number of nitrogens with zero attached hydrogens (tertiary/aromatic N) is 4. The first-order valence-electron chi connectivity index (χ1n) is 5.43.